The maximum atomic E-state index is 9.64. The molecular formula is C4H5O5. The lowest BCUT2D eigenvalue weighted by atomic mass is 10.4. The van der Waals surface area contributed by atoms with Crippen molar-refractivity contribution in [1.82, 2.24) is 0 Å². The van der Waals surface area contributed by atoms with Gasteiger partial charge in [-0.2, -0.15) is 0 Å². The first-order valence-corrected chi connectivity index (χ1v) is 1.93. The predicted molar refractivity (Wildman–Crippen MR) is 25.5 cm³/mol. The summed E-state index contributed by atoms with van der Waals surface area (Å²) in [5.74, 6) is -2.52. The van der Waals surface area contributed by atoms with Crippen LogP contribution < -0.4 is 0 Å². The summed E-state index contributed by atoms with van der Waals surface area (Å²) in [5, 5.41) is 32.0. The minimum atomic E-state index is -1.45. The lowest BCUT2D eigenvalue weighted by molar-refractivity contribution is -0.131. The van der Waals surface area contributed by atoms with Crippen LogP contribution in [0.5, 0.6) is 0 Å². The highest BCUT2D eigenvalue weighted by molar-refractivity contribution is 5.80. The fourth-order valence-electron chi connectivity index (χ4n) is 0.182. The molecular weight excluding hydrogens is 128 g/mol. The van der Waals surface area contributed by atoms with Crippen molar-refractivity contribution in [2.45, 2.75) is 0 Å². The van der Waals surface area contributed by atoms with Crippen molar-refractivity contribution < 1.29 is 25.2 Å². The third-order valence-corrected chi connectivity index (χ3v) is 0.489. The summed E-state index contributed by atoms with van der Waals surface area (Å²) < 4.78 is 0. The molecule has 0 unspecified atom stereocenters. The molecule has 0 saturated heterocycles. The summed E-state index contributed by atoms with van der Waals surface area (Å²) in [7, 11) is 0. The number of aliphatic carboxylic acids is 1. The van der Waals surface area contributed by atoms with E-state index in [1.807, 2.05) is 0 Å². The highest BCUT2D eigenvalue weighted by atomic mass is 16.5. The van der Waals surface area contributed by atoms with Gasteiger partial charge < -0.3 is 20.4 Å². The normalized spacial score (nSPS) is 12.1. The quantitative estimate of drug-likeness (QED) is 0.307. The van der Waals surface area contributed by atoms with E-state index in [-0.39, 0.29) is 6.08 Å². The maximum absolute atomic E-state index is 9.64. The molecule has 0 aliphatic heterocycles. The first-order valence-electron chi connectivity index (χ1n) is 1.93. The molecule has 0 aromatic rings. The summed E-state index contributed by atoms with van der Waals surface area (Å²) in [5.41, 5.74) is 0. The van der Waals surface area contributed by atoms with E-state index in [1.54, 1.807) is 0 Å². The molecule has 0 saturated carbocycles. The van der Waals surface area contributed by atoms with E-state index in [1.165, 1.54) is 0 Å². The van der Waals surface area contributed by atoms with E-state index in [9.17, 15) is 4.79 Å². The Morgan fingerprint density at radius 3 is 1.67 bits per heavy atom. The molecule has 1 radical (unpaired) electrons. The Bertz CT molecular complexity index is 136. The van der Waals surface area contributed by atoms with Crippen LogP contribution in [0.2, 0.25) is 0 Å². The molecule has 0 bridgehead atoms. The zero-order chi connectivity index (χ0) is 7.44. The first-order chi connectivity index (χ1) is 4.04. The van der Waals surface area contributed by atoms with E-state index < -0.39 is 18.0 Å². The van der Waals surface area contributed by atoms with Crippen LogP contribution in [0.1, 0.15) is 0 Å². The molecule has 0 aromatic heterocycles. The molecule has 0 spiro atoms. The van der Waals surface area contributed by atoms with E-state index in [4.69, 9.17) is 20.4 Å². The van der Waals surface area contributed by atoms with Crippen molar-refractivity contribution in [3.63, 3.8) is 0 Å². The molecule has 0 aliphatic carbocycles. The number of carboxylic acids is 1. The van der Waals surface area contributed by atoms with Crippen molar-refractivity contribution in [2.24, 2.45) is 0 Å². The third kappa shape index (κ3) is 3.51. The lowest BCUT2D eigenvalue weighted by Gasteiger charge is -1.95. The Morgan fingerprint density at radius 1 is 1.11 bits per heavy atom. The van der Waals surface area contributed by atoms with Gasteiger partial charge in [0, 0.05) is 0 Å². The highest BCUT2D eigenvalue weighted by Gasteiger charge is 2.07. The Morgan fingerprint density at radius 2 is 1.56 bits per heavy atom. The van der Waals surface area contributed by atoms with Gasteiger partial charge in [-0.05, 0) is 0 Å². The van der Waals surface area contributed by atoms with Gasteiger partial charge in [-0.1, -0.05) is 0 Å². The molecule has 0 atom stereocenters. The fraction of sp³-hybridized carbons (Fsp3) is 0. The Kier molecular flexibility index (Phi) is 2.69. The van der Waals surface area contributed by atoms with Crippen LogP contribution >= 0.6 is 0 Å². The average molecular weight is 133 g/mol. The first kappa shape index (κ1) is 7.93. The molecule has 0 aromatic carbocycles. The van der Waals surface area contributed by atoms with Crippen molar-refractivity contribution >= 4 is 5.97 Å². The van der Waals surface area contributed by atoms with Gasteiger partial charge in [0.25, 0.3) is 6.29 Å². The van der Waals surface area contributed by atoms with E-state index >= 15 is 0 Å². The van der Waals surface area contributed by atoms with Crippen LogP contribution in [0.15, 0.2) is 11.8 Å². The zero-order valence-electron chi connectivity index (χ0n) is 4.27. The van der Waals surface area contributed by atoms with Gasteiger partial charge in [0.15, 0.2) is 5.76 Å². The lowest BCUT2D eigenvalue weighted by Crippen LogP contribution is -2.00. The standard InChI is InChI=1S/C4H5O5/c5-2(4(8)9)1-3(6)7/h1,5,8-9H,(H,6,7). The Hall–Kier alpha value is -1.07. The van der Waals surface area contributed by atoms with E-state index in [0.29, 0.717) is 0 Å². The molecule has 5 heteroatoms. The Labute approximate surface area is 50.5 Å². The van der Waals surface area contributed by atoms with Gasteiger partial charge in [0.05, 0.1) is 6.08 Å². The van der Waals surface area contributed by atoms with Gasteiger partial charge in [-0.25, -0.2) is 4.79 Å². The van der Waals surface area contributed by atoms with Crippen molar-refractivity contribution in [3.05, 3.63) is 18.1 Å². The number of carboxylic acid groups (broad SMARTS) is 1. The summed E-state index contributed by atoms with van der Waals surface area (Å²) >= 11 is 0. The second-order valence-corrected chi connectivity index (χ2v) is 1.19. The van der Waals surface area contributed by atoms with Gasteiger partial charge in [0.1, 0.15) is 0 Å². The summed E-state index contributed by atoms with van der Waals surface area (Å²) in [4.78, 5) is 9.64. The van der Waals surface area contributed by atoms with Crippen molar-refractivity contribution in [1.29, 1.82) is 0 Å². The van der Waals surface area contributed by atoms with Gasteiger partial charge in [0.2, 0.25) is 0 Å². The zero-order valence-corrected chi connectivity index (χ0v) is 4.27. The average Bonchev–Trinajstić information content (AvgIpc) is 1.63. The molecule has 0 heterocycles. The van der Waals surface area contributed by atoms with Crippen LogP contribution in [-0.4, -0.2) is 26.4 Å². The smallest absolute Gasteiger partial charge is 0.331 e. The van der Waals surface area contributed by atoms with Gasteiger partial charge >= 0.3 is 5.97 Å². The second kappa shape index (κ2) is 3.06. The summed E-state index contributed by atoms with van der Waals surface area (Å²) in [6.07, 6.45) is -1.15. The largest absolute Gasteiger partial charge is 0.506 e. The molecule has 0 aliphatic rings. The topological polar surface area (TPSA) is 98.0 Å². The van der Waals surface area contributed by atoms with E-state index in [0.717, 1.165) is 0 Å². The molecule has 9 heavy (non-hydrogen) atoms. The van der Waals surface area contributed by atoms with E-state index in [2.05, 4.69) is 0 Å². The van der Waals surface area contributed by atoms with Gasteiger partial charge in [-0.3, -0.25) is 0 Å². The fourth-order valence-corrected chi connectivity index (χ4v) is 0.182. The third-order valence-electron chi connectivity index (χ3n) is 0.489. The maximum Gasteiger partial charge on any atom is 0.331 e. The van der Waals surface area contributed by atoms with Gasteiger partial charge in [-0.15, -0.1) is 0 Å². The number of hydrogen-bond donors (Lipinski definition) is 4. The number of aliphatic hydroxyl groups excluding tert-OH is 2. The van der Waals surface area contributed by atoms with Crippen LogP contribution in [-0.2, 0) is 4.79 Å². The number of rotatable bonds is 2. The minimum absolute atomic E-state index is 0.259. The number of aliphatic hydroxyl groups is 3. The highest BCUT2D eigenvalue weighted by Crippen LogP contribution is 1.99. The molecule has 0 fully saturated rings. The molecule has 4 N–H and O–H groups in total. The van der Waals surface area contributed by atoms with Crippen LogP contribution in [0.3, 0.4) is 0 Å². The second-order valence-electron chi connectivity index (χ2n) is 1.19. The van der Waals surface area contributed by atoms with Crippen molar-refractivity contribution in [3.8, 4) is 0 Å². The van der Waals surface area contributed by atoms with Crippen LogP contribution in [0.25, 0.3) is 0 Å². The Balaban J connectivity index is 4.00. The predicted octanol–water partition coefficient (Wildman–Crippen LogP) is -0.253. The van der Waals surface area contributed by atoms with Crippen LogP contribution in [0, 0.1) is 6.29 Å². The monoisotopic (exact) mass is 133 g/mol. The van der Waals surface area contributed by atoms with Crippen LogP contribution in [0.4, 0.5) is 0 Å². The minimum Gasteiger partial charge on any atom is -0.506 e. The molecule has 51 valence electrons. The summed E-state index contributed by atoms with van der Waals surface area (Å²) in [6, 6.07) is 0. The molecule has 0 amide bonds. The van der Waals surface area contributed by atoms with Crippen molar-refractivity contribution in [2.75, 3.05) is 0 Å². The number of carbonyl (C=O) groups is 1. The number of hydrogen-bond acceptors (Lipinski definition) is 4. The molecule has 0 rings (SSSR count). The summed E-state index contributed by atoms with van der Waals surface area (Å²) in [6.45, 7) is 0. The SMILES string of the molecule is O=C(O)C=C(O)[C](O)O. The molecule has 5 nitrogen and oxygen atoms in total.